The molecular weight excluding hydrogens is 322 g/mol. The molecule has 0 atom stereocenters. The minimum atomic E-state index is 0.388. The van der Waals surface area contributed by atoms with Gasteiger partial charge in [-0.25, -0.2) is 0 Å². The summed E-state index contributed by atoms with van der Waals surface area (Å²) in [6.45, 7) is 2.39. The number of rotatable bonds is 5. The lowest BCUT2D eigenvalue weighted by Gasteiger charge is -2.18. The molecule has 6 nitrogen and oxygen atoms in total. The van der Waals surface area contributed by atoms with E-state index in [0.717, 1.165) is 28.3 Å². The highest BCUT2D eigenvalue weighted by molar-refractivity contribution is 5.83. The van der Waals surface area contributed by atoms with Gasteiger partial charge in [0.05, 0.1) is 46.1 Å². The maximum absolute atomic E-state index is 5.95. The highest BCUT2D eigenvalue weighted by atomic mass is 16.5. The summed E-state index contributed by atoms with van der Waals surface area (Å²) in [5.41, 5.74) is 2.87. The Hall–Kier alpha value is -2.89. The fraction of sp³-hybridized carbons (Fsp3) is 0.316. The lowest BCUT2D eigenvalue weighted by Crippen LogP contribution is -2.21. The molecule has 2 aromatic rings. The number of methoxy groups -OCH3 is 4. The Morgan fingerprint density at radius 3 is 2.12 bits per heavy atom. The molecule has 0 aliphatic carbocycles. The molecule has 1 aliphatic rings. The number of ether oxygens (including phenoxy) is 5. The average Bonchev–Trinajstić information content (AvgIpc) is 2.65. The van der Waals surface area contributed by atoms with Gasteiger partial charge in [-0.1, -0.05) is 0 Å². The van der Waals surface area contributed by atoms with Crippen molar-refractivity contribution in [3.8, 4) is 28.7 Å². The first-order valence-corrected chi connectivity index (χ1v) is 7.84. The Morgan fingerprint density at radius 2 is 1.56 bits per heavy atom. The normalized spacial score (nSPS) is 12.6. The highest BCUT2D eigenvalue weighted by Gasteiger charge is 2.24. The van der Waals surface area contributed by atoms with E-state index >= 15 is 0 Å². The van der Waals surface area contributed by atoms with Crippen molar-refractivity contribution in [3.05, 3.63) is 35.4 Å². The summed E-state index contributed by atoms with van der Waals surface area (Å²) in [4.78, 5) is 0. The molecule has 0 unspecified atom stereocenters. The van der Waals surface area contributed by atoms with E-state index in [4.69, 9.17) is 23.7 Å². The largest absolute Gasteiger partial charge is 0.497 e. The van der Waals surface area contributed by atoms with Crippen LogP contribution in [0.1, 0.15) is 11.1 Å². The molecule has 0 aromatic heterocycles. The van der Waals surface area contributed by atoms with Gasteiger partial charge in [-0.15, -0.1) is 0 Å². The SMILES string of the molecule is COc1cc(C)c2c(c1)C=[N+](c1cc(OC)c(OC)c(OC)c1)CO2. The third-order valence-electron chi connectivity index (χ3n) is 4.14. The summed E-state index contributed by atoms with van der Waals surface area (Å²) < 4.78 is 29.5. The summed E-state index contributed by atoms with van der Waals surface area (Å²) in [6, 6.07) is 7.69. The Bertz CT molecular complexity index is 804. The summed E-state index contributed by atoms with van der Waals surface area (Å²) >= 11 is 0. The van der Waals surface area contributed by atoms with Crippen LogP contribution in [0.15, 0.2) is 24.3 Å². The van der Waals surface area contributed by atoms with Crippen LogP contribution < -0.4 is 23.7 Å². The molecule has 6 heteroatoms. The van der Waals surface area contributed by atoms with Gasteiger partial charge in [0.1, 0.15) is 11.5 Å². The first-order chi connectivity index (χ1) is 12.1. The summed E-state index contributed by atoms with van der Waals surface area (Å²) in [5.74, 6) is 3.41. The first-order valence-electron chi connectivity index (χ1n) is 7.84. The van der Waals surface area contributed by atoms with Crippen LogP contribution in [-0.2, 0) is 0 Å². The number of aryl methyl sites for hydroxylation is 1. The van der Waals surface area contributed by atoms with Crippen molar-refractivity contribution < 1.29 is 28.3 Å². The van der Waals surface area contributed by atoms with E-state index in [1.807, 2.05) is 42.0 Å². The van der Waals surface area contributed by atoms with Gasteiger partial charge >= 0.3 is 0 Å². The number of hydrogen-bond donors (Lipinski definition) is 0. The maximum atomic E-state index is 5.95. The van der Waals surface area contributed by atoms with Crippen LogP contribution in [0.25, 0.3) is 0 Å². The Labute approximate surface area is 147 Å². The van der Waals surface area contributed by atoms with Gasteiger partial charge in [-0.2, -0.15) is 4.58 Å². The van der Waals surface area contributed by atoms with Gasteiger partial charge in [-0.05, 0) is 24.6 Å². The summed E-state index contributed by atoms with van der Waals surface area (Å²) in [7, 11) is 6.44. The molecule has 0 amide bonds. The molecule has 0 bridgehead atoms. The first kappa shape index (κ1) is 17.0. The van der Waals surface area contributed by atoms with E-state index in [9.17, 15) is 0 Å². The van der Waals surface area contributed by atoms with Crippen molar-refractivity contribution in [3.63, 3.8) is 0 Å². The maximum Gasteiger partial charge on any atom is 0.292 e. The van der Waals surface area contributed by atoms with Crippen LogP contribution in [-0.4, -0.2) is 46.0 Å². The molecule has 2 aromatic carbocycles. The predicted molar refractivity (Wildman–Crippen MR) is 94.4 cm³/mol. The Kier molecular flexibility index (Phi) is 4.70. The standard InChI is InChI=1S/C19H22NO5/c1-12-6-15(21-2)7-13-10-20(11-25-18(12)13)14-8-16(22-3)19(24-5)17(9-14)23-4/h6-10H,11H2,1-5H3/q+1. The molecule has 0 radical (unpaired) electrons. The zero-order chi connectivity index (χ0) is 18.0. The van der Waals surface area contributed by atoms with Crippen molar-refractivity contribution in [2.24, 2.45) is 0 Å². The molecule has 0 saturated carbocycles. The van der Waals surface area contributed by atoms with Crippen molar-refractivity contribution in [1.82, 2.24) is 0 Å². The van der Waals surface area contributed by atoms with Gasteiger partial charge in [0.2, 0.25) is 11.4 Å². The topological polar surface area (TPSA) is 49.2 Å². The van der Waals surface area contributed by atoms with E-state index in [2.05, 4.69) is 0 Å². The van der Waals surface area contributed by atoms with E-state index in [-0.39, 0.29) is 0 Å². The monoisotopic (exact) mass is 344 g/mol. The van der Waals surface area contributed by atoms with Gasteiger partial charge in [-0.3, -0.25) is 0 Å². The molecule has 3 rings (SSSR count). The Morgan fingerprint density at radius 1 is 0.880 bits per heavy atom. The second-order valence-electron chi connectivity index (χ2n) is 5.62. The molecule has 1 aliphatic heterocycles. The zero-order valence-corrected chi connectivity index (χ0v) is 15.1. The van der Waals surface area contributed by atoms with E-state index < -0.39 is 0 Å². The summed E-state index contributed by atoms with van der Waals surface area (Å²) in [5, 5.41) is 0. The van der Waals surface area contributed by atoms with Crippen LogP contribution in [0.3, 0.4) is 0 Å². The minimum absolute atomic E-state index is 0.388. The van der Waals surface area contributed by atoms with Gasteiger partial charge < -0.3 is 23.7 Å². The van der Waals surface area contributed by atoms with Crippen LogP contribution >= 0.6 is 0 Å². The molecule has 132 valence electrons. The van der Waals surface area contributed by atoms with Crippen molar-refractivity contribution in [1.29, 1.82) is 0 Å². The molecular formula is C19H22NO5+. The van der Waals surface area contributed by atoms with Crippen molar-refractivity contribution in [2.75, 3.05) is 35.2 Å². The minimum Gasteiger partial charge on any atom is -0.497 e. The van der Waals surface area contributed by atoms with Gasteiger partial charge in [0.15, 0.2) is 17.7 Å². The van der Waals surface area contributed by atoms with Crippen LogP contribution in [0.5, 0.6) is 28.7 Å². The van der Waals surface area contributed by atoms with Gasteiger partial charge in [0, 0.05) is 0 Å². The molecule has 0 N–H and O–H groups in total. The predicted octanol–water partition coefficient (Wildman–Crippen LogP) is 3.14. The van der Waals surface area contributed by atoms with Crippen molar-refractivity contribution >= 4 is 11.9 Å². The molecule has 1 heterocycles. The zero-order valence-electron chi connectivity index (χ0n) is 15.1. The second kappa shape index (κ2) is 6.93. The van der Waals surface area contributed by atoms with Crippen molar-refractivity contribution in [2.45, 2.75) is 6.92 Å². The molecule has 0 spiro atoms. The average molecular weight is 344 g/mol. The summed E-state index contributed by atoms with van der Waals surface area (Å²) in [6.07, 6.45) is 2.02. The third kappa shape index (κ3) is 3.07. The quantitative estimate of drug-likeness (QED) is 0.780. The van der Waals surface area contributed by atoms with Crippen LogP contribution in [0, 0.1) is 6.92 Å². The smallest absolute Gasteiger partial charge is 0.292 e. The van der Waals surface area contributed by atoms with Gasteiger partial charge in [0.25, 0.3) is 6.73 Å². The van der Waals surface area contributed by atoms with Crippen LogP contribution in [0.4, 0.5) is 5.69 Å². The third-order valence-corrected chi connectivity index (χ3v) is 4.14. The van der Waals surface area contributed by atoms with E-state index in [1.54, 1.807) is 28.4 Å². The lowest BCUT2D eigenvalue weighted by molar-refractivity contribution is -0.476. The highest BCUT2D eigenvalue weighted by Crippen LogP contribution is 2.41. The number of hydrogen-bond acceptors (Lipinski definition) is 5. The van der Waals surface area contributed by atoms with E-state index in [0.29, 0.717) is 24.0 Å². The van der Waals surface area contributed by atoms with Crippen LogP contribution in [0.2, 0.25) is 0 Å². The fourth-order valence-electron chi connectivity index (χ4n) is 2.90. The number of benzene rings is 2. The Balaban J connectivity index is 2.10. The number of nitrogens with zero attached hydrogens (tertiary/aromatic N) is 1. The molecule has 0 fully saturated rings. The fourth-order valence-corrected chi connectivity index (χ4v) is 2.90. The molecule has 25 heavy (non-hydrogen) atoms. The van der Waals surface area contributed by atoms with E-state index in [1.165, 1.54) is 0 Å². The second-order valence-corrected chi connectivity index (χ2v) is 5.62. The molecule has 0 saturated heterocycles. The lowest BCUT2D eigenvalue weighted by atomic mass is 10.1. The number of fused-ring (bicyclic) bond motifs is 1.